The number of benzene rings is 1. The second-order valence-corrected chi connectivity index (χ2v) is 5.25. The number of hydrogen-bond donors (Lipinski definition) is 2. The van der Waals surface area contributed by atoms with Gasteiger partial charge in [0, 0.05) is 10.5 Å². The summed E-state index contributed by atoms with van der Waals surface area (Å²) in [7, 11) is 0. The summed E-state index contributed by atoms with van der Waals surface area (Å²) in [4.78, 5) is 11.9. The quantitative estimate of drug-likeness (QED) is 0.899. The van der Waals surface area contributed by atoms with Crippen LogP contribution in [-0.4, -0.2) is 11.9 Å². The molecule has 0 aromatic heterocycles. The third kappa shape index (κ3) is 4.30. The molecule has 1 unspecified atom stereocenters. The molecule has 0 radical (unpaired) electrons. The Balaban J connectivity index is 0.00000256. The van der Waals surface area contributed by atoms with E-state index < -0.39 is 5.54 Å². The maximum absolute atomic E-state index is 11.9. The van der Waals surface area contributed by atoms with E-state index >= 15 is 0 Å². The maximum atomic E-state index is 11.9. The van der Waals surface area contributed by atoms with Crippen LogP contribution in [0.4, 0.5) is 0 Å². The first-order chi connectivity index (χ1) is 7.34. The fraction of sp³-hybridized carbons (Fsp3) is 0.417. The summed E-state index contributed by atoms with van der Waals surface area (Å²) < 4.78 is 0.969. The van der Waals surface area contributed by atoms with Crippen LogP contribution in [0, 0.1) is 0 Å². The molecule has 0 aliphatic carbocycles. The SMILES string of the molecule is CC(C)NC(=O)C(C)(N)c1ccc(Br)cc1.Cl. The van der Waals surface area contributed by atoms with Gasteiger partial charge in [-0.25, -0.2) is 0 Å². The first-order valence-corrected chi connectivity index (χ1v) is 5.99. The van der Waals surface area contributed by atoms with Crippen molar-refractivity contribution in [2.75, 3.05) is 0 Å². The zero-order chi connectivity index (χ0) is 12.3. The molecule has 0 saturated heterocycles. The highest BCUT2D eigenvalue weighted by molar-refractivity contribution is 9.10. The second-order valence-electron chi connectivity index (χ2n) is 4.34. The Bertz CT molecular complexity index is 377. The molecule has 96 valence electrons. The van der Waals surface area contributed by atoms with Crippen molar-refractivity contribution in [2.45, 2.75) is 32.4 Å². The van der Waals surface area contributed by atoms with E-state index in [2.05, 4.69) is 21.2 Å². The lowest BCUT2D eigenvalue weighted by atomic mass is 9.92. The summed E-state index contributed by atoms with van der Waals surface area (Å²) in [5.41, 5.74) is 5.86. The molecule has 1 amide bonds. The summed E-state index contributed by atoms with van der Waals surface area (Å²) in [5, 5.41) is 2.82. The standard InChI is InChI=1S/C12H17BrN2O.ClH/c1-8(2)15-11(16)12(3,14)9-4-6-10(13)7-5-9;/h4-8H,14H2,1-3H3,(H,15,16);1H. The van der Waals surface area contributed by atoms with Crippen LogP contribution in [0.15, 0.2) is 28.7 Å². The largest absolute Gasteiger partial charge is 0.352 e. The molecule has 0 aliphatic heterocycles. The molecule has 0 saturated carbocycles. The predicted molar refractivity (Wildman–Crippen MR) is 76.2 cm³/mol. The van der Waals surface area contributed by atoms with Gasteiger partial charge in [-0.3, -0.25) is 4.79 Å². The van der Waals surface area contributed by atoms with E-state index in [1.807, 2.05) is 38.1 Å². The number of carbonyl (C=O) groups excluding carboxylic acids is 1. The average molecular weight is 322 g/mol. The highest BCUT2D eigenvalue weighted by atomic mass is 79.9. The Morgan fingerprint density at radius 1 is 1.35 bits per heavy atom. The van der Waals surface area contributed by atoms with Gasteiger partial charge in [0.1, 0.15) is 5.54 Å². The minimum absolute atomic E-state index is 0. The molecule has 1 aromatic carbocycles. The summed E-state index contributed by atoms with van der Waals surface area (Å²) in [5.74, 6) is -0.162. The van der Waals surface area contributed by atoms with Crippen LogP contribution in [-0.2, 0) is 10.3 Å². The van der Waals surface area contributed by atoms with E-state index in [0.29, 0.717) is 0 Å². The van der Waals surface area contributed by atoms with Crippen molar-refractivity contribution in [1.82, 2.24) is 5.32 Å². The number of nitrogens with one attached hydrogen (secondary N) is 1. The predicted octanol–water partition coefficient (Wildman–Crippen LogP) is 2.57. The van der Waals surface area contributed by atoms with E-state index in [0.717, 1.165) is 10.0 Å². The molecule has 0 aliphatic rings. The Morgan fingerprint density at radius 3 is 2.24 bits per heavy atom. The Hall–Kier alpha value is -0.580. The van der Waals surface area contributed by atoms with Gasteiger partial charge < -0.3 is 11.1 Å². The number of carbonyl (C=O) groups is 1. The van der Waals surface area contributed by atoms with Gasteiger partial charge >= 0.3 is 0 Å². The molecule has 0 heterocycles. The maximum Gasteiger partial charge on any atom is 0.244 e. The smallest absolute Gasteiger partial charge is 0.244 e. The lowest BCUT2D eigenvalue weighted by molar-refractivity contribution is -0.126. The highest BCUT2D eigenvalue weighted by Gasteiger charge is 2.30. The minimum atomic E-state index is -0.995. The average Bonchev–Trinajstić information content (AvgIpc) is 2.17. The summed E-state index contributed by atoms with van der Waals surface area (Å²) in [6.45, 7) is 5.54. The number of rotatable bonds is 3. The van der Waals surface area contributed by atoms with Gasteiger partial charge in [-0.2, -0.15) is 0 Å². The Labute approximate surface area is 117 Å². The van der Waals surface area contributed by atoms with Gasteiger partial charge in [0.2, 0.25) is 5.91 Å². The van der Waals surface area contributed by atoms with Gasteiger partial charge in [-0.1, -0.05) is 28.1 Å². The zero-order valence-corrected chi connectivity index (χ0v) is 12.6. The third-order valence-electron chi connectivity index (χ3n) is 2.34. The van der Waals surface area contributed by atoms with E-state index in [-0.39, 0.29) is 24.4 Å². The van der Waals surface area contributed by atoms with Crippen molar-refractivity contribution >= 4 is 34.2 Å². The topological polar surface area (TPSA) is 55.1 Å². The molecule has 3 N–H and O–H groups in total. The zero-order valence-electron chi connectivity index (χ0n) is 10.2. The Morgan fingerprint density at radius 2 is 1.82 bits per heavy atom. The van der Waals surface area contributed by atoms with E-state index in [9.17, 15) is 4.79 Å². The molecule has 1 rings (SSSR count). The minimum Gasteiger partial charge on any atom is -0.352 e. The van der Waals surface area contributed by atoms with Crippen molar-refractivity contribution in [3.05, 3.63) is 34.3 Å². The van der Waals surface area contributed by atoms with E-state index in [1.54, 1.807) is 6.92 Å². The first kappa shape index (κ1) is 16.4. The molecule has 0 fully saturated rings. The molecule has 5 heteroatoms. The van der Waals surface area contributed by atoms with Gasteiger partial charge in [0.05, 0.1) is 0 Å². The fourth-order valence-electron chi connectivity index (χ4n) is 1.34. The summed E-state index contributed by atoms with van der Waals surface area (Å²) in [6.07, 6.45) is 0. The molecule has 1 aromatic rings. The van der Waals surface area contributed by atoms with Crippen LogP contribution >= 0.6 is 28.3 Å². The van der Waals surface area contributed by atoms with Crippen LogP contribution in [0.3, 0.4) is 0 Å². The molecule has 3 nitrogen and oxygen atoms in total. The van der Waals surface area contributed by atoms with Gasteiger partial charge in [0.25, 0.3) is 0 Å². The van der Waals surface area contributed by atoms with Crippen molar-refractivity contribution in [1.29, 1.82) is 0 Å². The molecule has 17 heavy (non-hydrogen) atoms. The lowest BCUT2D eigenvalue weighted by Crippen LogP contribution is -2.50. The summed E-state index contributed by atoms with van der Waals surface area (Å²) in [6, 6.07) is 7.55. The Kier molecular flexibility index (Phi) is 6.16. The van der Waals surface area contributed by atoms with Crippen LogP contribution in [0.25, 0.3) is 0 Å². The van der Waals surface area contributed by atoms with Crippen molar-refractivity contribution in [3.63, 3.8) is 0 Å². The molecule has 0 spiro atoms. The molecular weight excluding hydrogens is 304 g/mol. The normalized spacial score (nSPS) is 13.8. The first-order valence-electron chi connectivity index (χ1n) is 5.20. The van der Waals surface area contributed by atoms with Gasteiger partial charge in [0.15, 0.2) is 0 Å². The number of nitrogens with two attached hydrogens (primary N) is 1. The van der Waals surface area contributed by atoms with Crippen LogP contribution in [0.5, 0.6) is 0 Å². The third-order valence-corrected chi connectivity index (χ3v) is 2.86. The fourth-order valence-corrected chi connectivity index (χ4v) is 1.60. The number of halogens is 2. The second kappa shape index (κ2) is 6.38. The van der Waals surface area contributed by atoms with Crippen LogP contribution in [0.2, 0.25) is 0 Å². The molecule has 0 bridgehead atoms. The lowest BCUT2D eigenvalue weighted by Gasteiger charge is -2.25. The van der Waals surface area contributed by atoms with E-state index in [1.165, 1.54) is 0 Å². The van der Waals surface area contributed by atoms with E-state index in [4.69, 9.17) is 5.73 Å². The molecular formula is C12H18BrClN2O. The summed E-state index contributed by atoms with van der Waals surface area (Å²) >= 11 is 3.35. The van der Waals surface area contributed by atoms with Gasteiger partial charge in [-0.05, 0) is 38.5 Å². The highest BCUT2D eigenvalue weighted by Crippen LogP contribution is 2.20. The number of amides is 1. The van der Waals surface area contributed by atoms with Crippen LogP contribution in [0.1, 0.15) is 26.3 Å². The van der Waals surface area contributed by atoms with Crippen molar-refractivity contribution in [3.8, 4) is 0 Å². The van der Waals surface area contributed by atoms with Crippen LogP contribution < -0.4 is 11.1 Å². The van der Waals surface area contributed by atoms with Crippen molar-refractivity contribution < 1.29 is 4.79 Å². The van der Waals surface area contributed by atoms with Gasteiger partial charge in [-0.15, -0.1) is 12.4 Å². The van der Waals surface area contributed by atoms with Crippen molar-refractivity contribution in [2.24, 2.45) is 5.73 Å². The molecule has 1 atom stereocenters. The monoisotopic (exact) mass is 320 g/mol. The number of hydrogen-bond acceptors (Lipinski definition) is 2.